The Morgan fingerprint density at radius 2 is 1.63 bits per heavy atom. The third-order valence-corrected chi connectivity index (χ3v) is 6.57. The van der Waals surface area contributed by atoms with Gasteiger partial charge in [-0.05, 0) is 43.7 Å². The SMILES string of the molecule is Cc1ccc(S(=O)(=O)N2CCCN(c3cccc(C(F)(F)F)c3)CC2)cc1. The largest absolute Gasteiger partial charge is 0.416 e. The number of rotatable bonds is 3. The molecular formula is C19H21F3N2O2S. The van der Waals surface area contributed by atoms with Crippen molar-refractivity contribution < 1.29 is 21.6 Å². The van der Waals surface area contributed by atoms with E-state index < -0.39 is 21.8 Å². The highest BCUT2D eigenvalue weighted by molar-refractivity contribution is 7.89. The van der Waals surface area contributed by atoms with E-state index in [0.717, 1.165) is 17.7 Å². The van der Waals surface area contributed by atoms with Crippen molar-refractivity contribution in [2.75, 3.05) is 31.1 Å². The second-order valence-electron chi connectivity index (χ2n) is 6.61. The average Bonchev–Trinajstić information content (AvgIpc) is 2.88. The fourth-order valence-corrected chi connectivity index (χ4v) is 4.60. The van der Waals surface area contributed by atoms with Crippen LogP contribution in [0.15, 0.2) is 53.4 Å². The van der Waals surface area contributed by atoms with Crippen molar-refractivity contribution in [3.8, 4) is 0 Å². The maximum Gasteiger partial charge on any atom is 0.416 e. The van der Waals surface area contributed by atoms with Crippen LogP contribution in [0.1, 0.15) is 17.5 Å². The zero-order valence-corrected chi connectivity index (χ0v) is 15.7. The van der Waals surface area contributed by atoms with Gasteiger partial charge < -0.3 is 4.90 Å². The highest BCUT2D eigenvalue weighted by Crippen LogP contribution is 2.32. The Bertz CT molecular complexity index is 896. The molecule has 0 spiro atoms. The number of alkyl halides is 3. The van der Waals surface area contributed by atoms with Gasteiger partial charge in [-0.3, -0.25) is 0 Å². The highest BCUT2D eigenvalue weighted by atomic mass is 32.2. The van der Waals surface area contributed by atoms with E-state index in [1.165, 1.54) is 10.4 Å². The molecule has 1 aliphatic heterocycles. The van der Waals surface area contributed by atoms with Crippen LogP contribution in [0, 0.1) is 6.92 Å². The summed E-state index contributed by atoms with van der Waals surface area (Å²) in [5.74, 6) is 0. The van der Waals surface area contributed by atoms with Gasteiger partial charge in [-0.1, -0.05) is 23.8 Å². The predicted octanol–water partition coefficient (Wildman–Crippen LogP) is 3.91. The molecule has 0 aromatic heterocycles. The Labute approximate surface area is 157 Å². The van der Waals surface area contributed by atoms with E-state index in [1.54, 1.807) is 35.2 Å². The Hall–Kier alpha value is -2.06. The first-order valence-electron chi connectivity index (χ1n) is 8.67. The van der Waals surface area contributed by atoms with Gasteiger partial charge in [0, 0.05) is 31.9 Å². The van der Waals surface area contributed by atoms with Gasteiger partial charge in [0.1, 0.15) is 0 Å². The van der Waals surface area contributed by atoms with Crippen molar-refractivity contribution in [2.45, 2.75) is 24.4 Å². The minimum Gasteiger partial charge on any atom is -0.370 e. The lowest BCUT2D eigenvalue weighted by Crippen LogP contribution is -2.35. The number of sulfonamides is 1. The first-order valence-corrected chi connectivity index (χ1v) is 10.1. The van der Waals surface area contributed by atoms with Crippen LogP contribution in [0.5, 0.6) is 0 Å². The molecule has 0 radical (unpaired) electrons. The van der Waals surface area contributed by atoms with Gasteiger partial charge in [0.05, 0.1) is 10.5 Å². The molecule has 4 nitrogen and oxygen atoms in total. The zero-order valence-electron chi connectivity index (χ0n) is 14.9. The molecule has 1 heterocycles. The molecule has 27 heavy (non-hydrogen) atoms. The summed E-state index contributed by atoms with van der Waals surface area (Å²) in [7, 11) is -3.61. The molecular weight excluding hydrogens is 377 g/mol. The smallest absolute Gasteiger partial charge is 0.370 e. The van der Waals surface area contributed by atoms with E-state index >= 15 is 0 Å². The van der Waals surface area contributed by atoms with Gasteiger partial charge in [-0.2, -0.15) is 17.5 Å². The van der Waals surface area contributed by atoms with Crippen LogP contribution < -0.4 is 4.90 Å². The van der Waals surface area contributed by atoms with Gasteiger partial charge in [-0.15, -0.1) is 0 Å². The summed E-state index contributed by atoms with van der Waals surface area (Å²) in [6, 6.07) is 11.8. The Balaban J connectivity index is 1.77. The molecule has 3 rings (SSSR count). The maximum absolute atomic E-state index is 12.9. The molecule has 0 atom stereocenters. The Kier molecular flexibility index (Phi) is 5.48. The molecule has 0 aliphatic carbocycles. The summed E-state index contributed by atoms with van der Waals surface area (Å²) >= 11 is 0. The second-order valence-corrected chi connectivity index (χ2v) is 8.54. The molecule has 0 bridgehead atoms. The summed E-state index contributed by atoms with van der Waals surface area (Å²) in [6.45, 7) is 3.29. The standard InChI is InChI=1S/C19H21F3N2O2S/c1-15-6-8-18(9-7-15)27(25,26)24-11-3-10-23(12-13-24)17-5-2-4-16(14-17)19(20,21)22/h2,4-9,14H,3,10-13H2,1H3. The van der Waals surface area contributed by atoms with Gasteiger partial charge in [0.15, 0.2) is 0 Å². The van der Waals surface area contributed by atoms with E-state index in [1.807, 2.05) is 6.92 Å². The molecule has 0 unspecified atom stereocenters. The third-order valence-electron chi connectivity index (χ3n) is 4.65. The molecule has 2 aromatic rings. The topological polar surface area (TPSA) is 40.6 Å². The minimum absolute atomic E-state index is 0.229. The van der Waals surface area contributed by atoms with Gasteiger partial charge in [-0.25, -0.2) is 8.42 Å². The predicted molar refractivity (Wildman–Crippen MR) is 98.2 cm³/mol. The van der Waals surface area contributed by atoms with E-state index in [2.05, 4.69) is 0 Å². The van der Waals surface area contributed by atoms with Crippen LogP contribution in [-0.4, -0.2) is 38.9 Å². The molecule has 146 valence electrons. The Morgan fingerprint density at radius 1 is 0.926 bits per heavy atom. The molecule has 2 aromatic carbocycles. The van der Waals surface area contributed by atoms with Crippen LogP contribution >= 0.6 is 0 Å². The van der Waals surface area contributed by atoms with Crippen molar-refractivity contribution in [1.29, 1.82) is 0 Å². The summed E-state index contributed by atoms with van der Waals surface area (Å²) in [6.07, 6.45) is -3.86. The number of aryl methyl sites for hydroxylation is 1. The van der Waals surface area contributed by atoms with Crippen molar-refractivity contribution in [2.24, 2.45) is 0 Å². The molecule has 0 N–H and O–H groups in total. The summed E-state index contributed by atoms with van der Waals surface area (Å²) in [5, 5.41) is 0. The normalized spacial score (nSPS) is 17.0. The van der Waals surface area contributed by atoms with Gasteiger partial charge in [0.25, 0.3) is 0 Å². The van der Waals surface area contributed by atoms with Gasteiger partial charge >= 0.3 is 6.18 Å². The molecule has 8 heteroatoms. The van der Waals surface area contributed by atoms with Crippen LogP contribution in [0.4, 0.5) is 18.9 Å². The molecule has 1 saturated heterocycles. The summed E-state index contributed by atoms with van der Waals surface area (Å²) in [4.78, 5) is 2.04. The number of anilines is 1. The lowest BCUT2D eigenvalue weighted by Gasteiger charge is -2.24. The number of benzene rings is 2. The first-order chi connectivity index (χ1) is 12.7. The van der Waals surface area contributed by atoms with E-state index in [0.29, 0.717) is 31.7 Å². The van der Waals surface area contributed by atoms with Crippen molar-refractivity contribution in [1.82, 2.24) is 4.31 Å². The fourth-order valence-electron chi connectivity index (χ4n) is 3.13. The summed E-state index contributed by atoms with van der Waals surface area (Å²) in [5.41, 5.74) is 0.730. The zero-order chi connectivity index (χ0) is 19.7. The summed E-state index contributed by atoms with van der Waals surface area (Å²) < 4.78 is 65.9. The Morgan fingerprint density at radius 3 is 2.30 bits per heavy atom. The van der Waals surface area contributed by atoms with E-state index in [9.17, 15) is 21.6 Å². The number of nitrogens with zero attached hydrogens (tertiary/aromatic N) is 2. The quantitative estimate of drug-likeness (QED) is 0.787. The fraction of sp³-hybridized carbons (Fsp3) is 0.368. The van der Waals surface area contributed by atoms with Crippen molar-refractivity contribution in [3.63, 3.8) is 0 Å². The number of halogens is 3. The average molecular weight is 398 g/mol. The molecule has 1 fully saturated rings. The minimum atomic E-state index is -4.40. The highest BCUT2D eigenvalue weighted by Gasteiger charge is 2.31. The van der Waals surface area contributed by atoms with Crippen molar-refractivity contribution >= 4 is 15.7 Å². The lowest BCUT2D eigenvalue weighted by atomic mass is 10.1. The van der Waals surface area contributed by atoms with Crippen LogP contribution in [-0.2, 0) is 16.2 Å². The van der Waals surface area contributed by atoms with Crippen LogP contribution in [0.3, 0.4) is 0 Å². The monoisotopic (exact) mass is 398 g/mol. The third kappa shape index (κ3) is 4.44. The van der Waals surface area contributed by atoms with Crippen molar-refractivity contribution in [3.05, 3.63) is 59.7 Å². The lowest BCUT2D eigenvalue weighted by molar-refractivity contribution is -0.137. The molecule has 0 saturated carbocycles. The van der Waals surface area contributed by atoms with Crippen LogP contribution in [0.2, 0.25) is 0 Å². The number of hydrogen-bond acceptors (Lipinski definition) is 3. The van der Waals surface area contributed by atoms with E-state index in [-0.39, 0.29) is 11.4 Å². The first kappa shape index (κ1) is 19.7. The maximum atomic E-state index is 12.9. The molecule has 0 amide bonds. The van der Waals surface area contributed by atoms with Gasteiger partial charge in [0.2, 0.25) is 10.0 Å². The van der Waals surface area contributed by atoms with Crippen LogP contribution in [0.25, 0.3) is 0 Å². The second kappa shape index (κ2) is 7.52. The molecule has 1 aliphatic rings. The van der Waals surface area contributed by atoms with E-state index in [4.69, 9.17) is 0 Å². The number of hydrogen-bond donors (Lipinski definition) is 0.